The van der Waals surface area contributed by atoms with E-state index >= 15 is 0 Å². The van der Waals surface area contributed by atoms with E-state index in [9.17, 15) is 14.3 Å². The molecule has 2 atom stereocenters. The molecule has 4 nitrogen and oxygen atoms in total. The van der Waals surface area contributed by atoms with Gasteiger partial charge in [0.15, 0.2) is 0 Å². The van der Waals surface area contributed by atoms with Gasteiger partial charge in [0.05, 0.1) is 6.10 Å². The van der Waals surface area contributed by atoms with E-state index in [4.69, 9.17) is 0 Å². The summed E-state index contributed by atoms with van der Waals surface area (Å²) < 4.78 is 13.1. The first-order chi connectivity index (χ1) is 11.6. The largest absolute Gasteiger partial charge is 0.387 e. The number of carbonyl (C=O) groups is 1. The fourth-order valence-corrected chi connectivity index (χ4v) is 3.11. The van der Waals surface area contributed by atoms with Gasteiger partial charge in [-0.1, -0.05) is 42.5 Å². The van der Waals surface area contributed by atoms with Crippen LogP contribution in [0.3, 0.4) is 0 Å². The number of hydrogen-bond acceptors (Lipinski definition) is 3. The summed E-state index contributed by atoms with van der Waals surface area (Å²) in [5.41, 5.74) is 1.73. The Morgan fingerprint density at radius 3 is 2.58 bits per heavy atom. The topological polar surface area (TPSA) is 52.6 Å². The van der Waals surface area contributed by atoms with Crippen molar-refractivity contribution < 1.29 is 14.3 Å². The number of carbonyl (C=O) groups excluding carboxylic acids is 1. The summed E-state index contributed by atoms with van der Waals surface area (Å²) in [4.78, 5) is 14.1. The molecule has 1 saturated heterocycles. The first-order valence-corrected chi connectivity index (χ1v) is 8.12. The van der Waals surface area contributed by atoms with Crippen molar-refractivity contribution in [2.24, 2.45) is 0 Å². The molecule has 3 rings (SSSR count). The molecule has 0 aromatic heterocycles. The third-order valence-electron chi connectivity index (χ3n) is 4.39. The van der Waals surface area contributed by atoms with Gasteiger partial charge in [-0.25, -0.2) is 4.39 Å². The number of benzene rings is 2. The highest BCUT2D eigenvalue weighted by molar-refractivity contribution is 5.77. The standard InChI is InChI=1S/C19H21FN2O2/c20-16-8-6-15(7-9-16)18(23)13-22-11-10-21-19(24)12-17(22)14-4-2-1-3-5-14/h1-9,17-18,23H,10-13H2,(H,21,24)/t17-,18-/m0/s1. The summed E-state index contributed by atoms with van der Waals surface area (Å²) >= 11 is 0. The number of nitrogens with zero attached hydrogens (tertiary/aromatic N) is 1. The fraction of sp³-hybridized carbons (Fsp3) is 0.316. The lowest BCUT2D eigenvalue weighted by Crippen LogP contribution is -2.34. The Labute approximate surface area is 140 Å². The van der Waals surface area contributed by atoms with Gasteiger partial charge in [-0.15, -0.1) is 0 Å². The van der Waals surface area contributed by atoms with Crippen LogP contribution in [0.5, 0.6) is 0 Å². The lowest BCUT2D eigenvalue weighted by atomic mass is 10.0. The molecule has 2 aromatic rings. The van der Waals surface area contributed by atoms with Crippen LogP contribution in [-0.2, 0) is 4.79 Å². The molecule has 1 heterocycles. The van der Waals surface area contributed by atoms with Crippen LogP contribution in [-0.4, -0.2) is 35.5 Å². The second kappa shape index (κ2) is 7.55. The van der Waals surface area contributed by atoms with E-state index in [0.29, 0.717) is 31.6 Å². The third kappa shape index (κ3) is 3.99. The highest BCUT2D eigenvalue weighted by Crippen LogP contribution is 2.28. The van der Waals surface area contributed by atoms with Gasteiger partial charge < -0.3 is 10.4 Å². The minimum absolute atomic E-state index is 0.0163. The zero-order chi connectivity index (χ0) is 16.9. The molecule has 5 heteroatoms. The summed E-state index contributed by atoms with van der Waals surface area (Å²) in [5, 5.41) is 13.4. The third-order valence-corrected chi connectivity index (χ3v) is 4.39. The second-order valence-corrected chi connectivity index (χ2v) is 6.04. The van der Waals surface area contributed by atoms with Crippen molar-refractivity contribution in [3.63, 3.8) is 0 Å². The number of nitrogens with one attached hydrogen (secondary N) is 1. The number of aliphatic hydroxyl groups excluding tert-OH is 1. The van der Waals surface area contributed by atoms with E-state index in [1.807, 2.05) is 30.3 Å². The van der Waals surface area contributed by atoms with E-state index in [-0.39, 0.29) is 17.8 Å². The molecular weight excluding hydrogens is 307 g/mol. The van der Waals surface area contributed by atoms with Crippen molar-refractivity contribution in [3.05, 3.63) is 71.5 Å². The first kappa shape index (κ1) is 16.6. The zero-order valence-corrected chi connectivity index (χ0v) is 13.4. The predicted molar refractivity (Wildman–Crippen MR) is 89.7 cm³/mol. The summed E-state index contributed by atoms with van der Waals surface area (Å²) in [6.07, 6.45) is -0.370. The molecule has 0 unspecified atom stereocenters. The van der Waals surface area contributed by atoms with Crippen LogP contribution in [0.1, 0.15) is 29.7 Å². The van der Waals surface area contributed by atoms with Gasteiger partial charge in [0.1, 0.15) is 5.82 Å². The summed E-state index contributed by atoms with van der Waals surface area (Å²) in [7, 11) is 0. The lowest BCUT2D eigenvalue weighted by Gasteiger charge is -2.31. The quantitative estimate of drug-likeness (QED) is 0.906. The molecule has 0 radical (unpaired) electrons. The van der Waals surface area contributed by atoms with Crippen LogP contribution >= 0.6 is 0 Å². The number of hydrogen-bond donors (Lipinski definition) is 2. The first-order valence-electron chi connectivity index (χ1n) is 8.12. The van der Waals surface area contributed by atoms with Crippen LogP contribution < -0.4 is 5.32 Å². The highest BCUT2D eigenvalue weighted by Gasteiger charge is 2.27. The van der Waals surface area contributed by atoms with Crippen LogP contribution in [0.2, 0.25) is 0 Å². The van der Waals surface area contributed by atoms with Gasteiger partial charge in [0.2, 0.25) is 5.91 Å². The summed E-state index contributed by atoms with van der Waals surface area (Å²) in [5.74, 6) is -0.305. The molecule has 1 aliphatic rings. The SMILES string of the molecule is O=C1C[C@@H](c2ccccc2)N(C[C@H](O)c2ccc(F)cc2)CCN1. The molecule has 2 aromatic carbocycles. The number of rotatable bonds is 4. The minimum atomic E-state index is -0.731. The fourth-order valence-electron chi connectivity index (χ4n) is 3.11. The van der Waals surface area contributed by atoms with Crippen molar-refractivity contribution in [1.29, 1.82) is 0 Å². The molecule has 1 fully saturated rings. The van der Waals surface area contributed by atoms with Gasteiger partial charge in [-0.05, 0) is 23.3 Å². The second-order valence-electron chi connectivity index (χ2n) is 6.04. The van der Waals surface area contributed by atoms with E-state index in [2.05, 4.69) is 10.2 Å². The molecule has 24 heavy (non-hydrogen) atoms. The molecule has 2 N–H and O–H groups in total. The number of halogens is 1. The van der Waals surface area contributed by atoms with Gasteiger partial charge in [0.25, 0.3) is 0 Å². The molecule has 0 spiro atoms. The van der Waals surface area contributed by atoms with Gasteiger partial charge in [-0.2, -0.15) is 0 Å². The highest BCUT2D eigenvalue weighted by atomic mass is 19.1. The van der Waals surface area contributed by atoms with Crippen LogP contribution in [0.4, 0.5) is 4.39 Å². The monoisotopic (exact) mass is 328 g/mol. The smallest absolute Gasteiger partial charge is 0.221 e. The van der Waals surface area contributed by atoms with Crippen molar-refractivity contribution in [2.45, 2.75) is 18.6 Å². The Kier molecular flexibility index (Phi) is 5.23. The molecule has 0 saturated carbocycles. The number of amides is 1. The summed E-state index contributed by atoms with van der Waals surface area (Å²) in [6, 6.07) is 15.7. The van der Waals surface area contributed by atoms with Crippen LogP contribution in [0.15, 0.2) is 54.6 Å². The molecule has 0 bridgehead atoms. The van der Waals surface area contributed by atoms with Gasteiger partial charge in [0, 0.05) is 32.1 Å². The van der Waals surface area contributed by atoms with E-state index in [0.717, 1.165) is 5.56 Å². The van der Waals surface area contributed by atoms with Crippen LogP contribution in [0, 0.1) is 5.82 Å². The van der Waals surface area contributed by atoms with Crippen LogP contribution in [0.25, 0.3) is 0 Å². The maximum atomic E-state index is 13.1. The Balaban J connectivity index is 1.79. The predicted octanol–water partition coefficient (Wildman–Crippen LogP) is 2.42. The number of aliphatic hydroxyl groups is 1. The van der Waals surface area contributed by atoms with E-state index in [1.165, 1.54) is 12.1 Å². The average molecular weight is 328 g/mol. The number of β-amino-alcohol motifs (C(OH)–C–C–N with tert-alkyl or cyclic N) is 1. The average Bonchev–Trinajstić information content (AvgIpc) is 2.78. The van der Waals surface area contributed by atoms with Crippen molar-refractivity contribution in [3.8, 4) is 0 Å². The Morgan fingerprint density at radius 2 is 1.88 bits per heavy atom. The molecule has 1 aliphatic heterocycles. The molecule has 0 aliphatic carbocycles. The van der Waals surface area contributed by atoms with E-state index < -0.39 is 6.10 Å². The van der Waals surface area contributed by atoms with E-state index in [1.54, 1.807) is 12.1 Å². The molecular formula is C19H21FN2O2. The molecule has 1 amide bonds. The van der Waals surface area contributed by atoms with Crippen molar-refractivity contribution >= 4 is 5.91 Å². The maximum absolute atomic E-state index is 13.1. The van der Waals surface area contributed by atoms with Gasteiger partial charge in [-0.3, -0.25) is 9.69 Å². The maximum Gasteiger partial charge on any atom is 0.221 e. The van der Waals surface area contributed by atoms with Crippen molar-refractivity contribution in [1.82, 2.24) is 10.2 Å². The normalized spacial score (nSPS) is 20.2. The van der Waals surface area contributed by atoms with Gasteiger partial charge >= 0.3 is 0 Å². The minimum Gasteiger partial charge on any atom is -0.387 e. The molecule has 126 valence electrons. The Bertz CT molecular complexity index is 676. The lowest BCUT2D eigenvalue weighted by molar-refractivity contribution is -0.121. The zero-order valence-electron chi connectivity index (χ0n) is 13.4. The Hall–Kier alpha value is -2.24. The Morgan fingerprint density at radius 1 is 1.17 bits per heavy atom. The van der Waals surface area contributed by atoms with Crippen molar-refractivity contribution in [2.75, 3.05) is 19.6 Å². The summed E-state index contributed by atoms with van der Waals surface area (Å²) in [6.45, 7) is 1.60.